The number of esters is 1. The van der Waals surface area contributed by atoms with Gasteiger partial charge in [-0.25, -0.2) is 4.79 Å². The van der Waals surface area contributed by atoms with E-state index in [2.05, 4.69) is 14.8 Å². The predicted octanol–water partition coefficient (Wildman–Crippen LogP) is 2.88. The van der Waals surface area contributed by atoms with E-state index in [0.29, 0.717) is 36.5 Å². The van der Waals surface area contributed by atoms with Crippen molar-refractivity contribution in [1.82, 2.24) is 10.2 Å². The highest BCUT2D eigenvalue weighted by atomic mass is 35.5. The molecule has 0 bridgehead atoms. The third-order valence-electron chi connectivity index (χ3n) is 4.48. The van der Waals surface area contributed by atoms with Gasteiger partial charge in [0.05, 0.1) is 11.4 Å². The van der Waals surface area contributed by atoms with E-state index in [1.54, 1.807) is 31.2 Å². The minimum atomic E-state index is -0.970. The number of nitrogens with one attached hydrogen (secondary N) is 1. The Bertz CT molecular complexity index is 648. The van der Waals surface area contributed by atoms with Gasteiger partial charge in [0.25, 0.3) is 5.91 Å². The molecule has 0 aromatic heterocycles. The molecule has 1 heterocycles. The van der Waals surface area contributed by atoms with Crippen molar-refractivity contribution in [2.75, 3.05) is 26.7 Å². The third kappa shape index (κ3) is 4.96. The summed E-state index contributed by atoms with van der Waals surface area (Å²) in [5.74, 6) is -0.986. The number of benzene rings is 1. The van der Waals surface area contributed by atoms with E-state index in [4.69, 9.17) is 16.3 Å². The molecule has 1 aliphatic heterocycles. The van der Waals surface area contributed by atoms with Crippen molar-refractivity contribution >= 4 is 35.4 Å². The number of halogens is 1. The Labute approximate surface area is 161 Å². The summed E-state index contributed by atoms with van der Waals surface area (Å²) < 4.78 is 7.32. The van der Waals surface area contributed by atoms with E-state index in [1.807, 2.05) is 7.05 Å². The van der Waals surface area contributed by atoms with Crippen LogP contribution in [0.15, 0.2) is 28.8 Å². The highest BCUT2D eigenvalue weighted by Crippen LogP contribution is 2.40. The zero-order valence-electron chi connectivity index (χ0n) is 14.7. The zero-order chi connectivity index (χ0) is 19.2. The SMILES string of the molecule is CCOC(=O)C(NC(=O)c1ccc(Cl)cc1)C1(SN=O)CCN(C)CC1. The number of hydrogen-bond donors (Lipinski definition) is 1. The number of carbonyl (C=O) groups excluding carboxylic acids is 2. The second-order valence-corrected chi connectivity index (χ2v) is 7.78. The van der Waals surface area contributed by atoms with E-state index >= 15 is 0 Å². The van der Waals surface area contributed by atoms with Gasteiger partial charge in [-0.05, 0) is 64.2 Å². The van der Waals surface area contributed by atoms with Crippen molar-refractivity contribution in [1.29, 1.82) is 0 Å². The molecule has 1 amide bonds. The molecule has 1 aromatic rings. The molecule has 2 rings (SSSR count). The normalized spacial score (nSPS) is 18.0. The minimum absolute atomic E-state index is 0.182. The molecule has 142 valence electrons. The summed E-state index contributed by atoms with van der Waals surface area (Å²) >= 11 is 6.66. The van der Waals surface area contributed by atoms with Crippen LogP contribution in [0.5, 0.6) is 0 Å². The van der Waals surface area contributed by atoms with Crippen molar-refractivity contribution in [2.24, 2.45) is 4.58 Å². The maximum absolute atomic E-state index is 12.6. The van der Waals surface area contributed by atoms with E-state index in [1.165, 1.54) is 0 Å². The van der Waals surface area contributed by atoms with E-state index in [-0.39, 0.29) is 6.61 Å². The van der Waals surface area contributed by atoms with Gasteiger partial charge in [-0.1, -0.05) is 11.6 Å². The third-order valence-corrected chi connectivity index (χ3v) is 5.82. The van der Waals surface area contributed by atoms with Crippen LogP contribution >= 0.6 is 23.5 Å². The van der Waals surface area contributed by atoms with Gasteiger partial charge in [0.15, 0.2) is 0 Å². The molecule has 0 spiro atoms. The molecule has 7 nitrogen and oxygen atoms in total. The Balaban J connectivity index is 2.28. The van der Waals surface area contributed by atoms with E-state index in [0.717, 1.165) is 11.9 Å². The predicted molar refractivity (Wildman–Crippen MR) is 102 cm³/mol. The number of amides is 1. The summed E-state index contributed by atoms with van der Waals surface area (Å²) in [5.41, 5.74) is 0.371. The zero-order valence-corrected chi connectivity index (χ0v) is 16.3. The lowest BCUT2D eigenvalue weighted by Crippen LogP contribution is -2.59. The van der Waals surface area contributed by atoms with Crippen molar-refractivity contribution in [3.05, 3.63) is 39.8 Å². The summed E-state index contributed by atoms with van der Waals surface area (Å²) in [6, 6.07) is 5.38. The number of carbonyl (C=O) groups is 2. The van der Waals surface area contributed by atoms with Crippen LogP contribution in [0.2, 0.25) is 5.02 Å². The molecule has 0 radical (unpaired) electrons. The topological polar surface area (TPSA) is 88.1 Å². The van der Waals surface area contributed by atoms with Crippen LogP contribution in [0, 0.1) is 4.91 Å². The molecule has 1 atom stereocenters. The van der Waals surface area contributed by atoms with Crippen molar-refractivity contribution in [3.63, 3.8) is 0 Å². The molecule has 0 saturated carbocycles. The lowest BCUT2D eigenvalue weighted by molar-refractivity contribution is -0.146. The van der Waals surface area contributed by atoms with Crippen molar-refractivity contribution in [3.8, 4) is 0 Å². The summed E-state index contributed by atoms with van der Waals surface area (Å²) in [6.45, 7) is 3.26. The molecule has 9 heteroatoms. The lowest BCUT2D eigenvalue weighted by atomic mass is 9.88. The fraction of sp³-hybridized carbons (Fsp3) is 0.529. The van der Waals surface area contributed by atoms with Gasteiger partial charge >= 0.3 is 5.97 Å². The van der Waals surface area contributed by atoms with Crippen LogP contribution < -0.4 is 5.32 Å². The maximum atomic E-state index is 12.6. The first kappa shape index (κ1) is 20.7. The van der Waals surface area contributed by atoms with Crippen LogP contribution in [0.4, 0.5) is 0 Å². The summed E-state index contributed by atoms with van der Waals surface area (Å²) in [6.07, 6.45) is 1.06. The van der Waals surface area contributed by atoms with Gasteiger partial charge in [0, 0.05) is 27.1 Å². The Morgan fingerprint density at radius 3 is 2.50 bits per heavy atom. The highest BCUT2D eigenvalue weighted by molar-refractivity contribution is 7.99. The highest BCUT2D eigenvalue weighted by Gasteiger charge is 2.48. The minimum Gasteiger partial charge on any atom is -0.464 e. The maximum Gasteiger partial charge on any atom is 0.330 e. The molecular weight excluding hydrogens is 378 g/mol. The largest absolute Gasteiger partial charge is 0.464 e. The number of likely N-dealkylation sites (tertiary alicyclic amines) is 1. The summed E-state index contributed by atoms with van der Waals surface area (Å²) in [5, 5.41) is 3.26. The number of ether oxygens (including phenoxy) is 1. The van der Waals surface area contributed by atoms with E-state index in [9.17, 15) is 14.5 Å². The van der Waals surface area contributed by atoms with Crippen molar-refractivity contribution in [2.45, 2.75) is 30.6 Å². The second-order valence-electron chi connectivity index (χ2n) is 6.20. The summed E-state index contributed by atoms with van der Waals surface area (Å²) in [7, 11) is 1.97. The molecule has 1 unspecified atom stereocenters. The molecule has 0 aliphatic carbocycles. The lowest BCUT2D eigenvalue weighted by Gasteiger charge is -2.42. The summed E-state index contributed by atoms with van der Waals surface area (Å²) in [4.78, 5) is 38.4. The first-order valence-corrected chi connectivity index (χ1v) is 9.49. The number of nitrogens with zero attached hydrogens (tertiary/aromatic N) is 2. The van der Waals surface area contributed by atoms with Crippen LogP contribution in [-0.2, 0) is 9.53 Å². The quantitative estimate of drug-likeness (QED) is 0.431. The standard InChI is InChI=1S/C17H22ClN3O4S/c1-3-25-16(23)14(17(26-20-24)8-10-21(2)11-9-17)19-15(22)12-4-6-13(18)7-5-12/h4-7,14H,3,8-11H2,1-2H3,(H,19,22). The van der Waals surface area contributed by atoms with Gasteiger partial charge in [-0.2, -0.15) is 0 Å². The fourth-order valence-electron chi connectivity index (χ4n) is 2.95. The Kier molecular flexibility index (Phi) is 7.43. The smallest absolute Gasteiger partial charge is 0.330 e. The van der Waals surface area contributed by atoms with Crippen LogP contribution in [-0.4, -0.2) is 54.3 Å². The number of piperidine rings is 1. The van der Waals surface area contributed by atoms with Gasteiger partial charge in [-0.15, -0.1) is 4.91 Å². The Morgan fingerprint density at radius 2 is 1.96 bits per heavy atom. The molecular formula is C17H22ClN3O4S. The number of nitroso groups, excluding NO2 is 1. The monoisotopic (exact) mass is 399 g/mol. The van der Waals surface area contributed by atoms with Gasteiger partial charge in [0.1, 0.15) is 6.04 Å². The second kappa shape index (κ2) is 9.34. The van der Waals surface area contributed by atoms with E-state index < -0.39 is 22.7 Å². The molecule has 26 heavy (non-hydrogen) atoms. The van der Waals surface area contributed by atoms with Crippen LogP contribution in [0.3, 0.4) is 0 Å². The number of rotatable bonds is 7. The van der Waals surface area contributed by atoms with Crippen molar-refractivity contribution < 1.29 is 14.3 Å². The average molecular weight is 400 g/mol. The Morgan fingerprint density at radius 1 is 1.35 bits per heavy atom. The molecule has 1 aromatic carbocycles. The van der Waals surface area contributed by atoms with Gasteiger partial charge < -0.3 is 15.0 Å². The first-order chi connectivity index (χ1) is 12.4. The molecule has 1 saturated heterocycles. The van der Waals surface area contributed by atoms with Gasteiger partial charge in [0.2, 0.25) is 0 Å². The van der Waals surface area contributed by atoms with Crippen LogP contribution in [0.1, 0.15) is 30.1 Å². The Hall–Kier alpha value is -1.64. The molecule has 1 fully saturated rings. The fourth-order valence-corrected chi connectivity index (χ4v) is 3.85. The van der Waals surface area contributed by atoms with Crippen LogP contribution in [0.25, 0.3) is 0 Å². The average Bonchev–Trinajstić information content (AvgIpc) is 2.62. The molecule has 1 N–H and O–H groups in total. The van der Waals surface area contributed by atoms with Gasteiger partial charge in [-0.3, -0.25) is 4.79 Å². The molecule has 1 aliphatic rings. The first-order valence-electron chi connectivity index (χ1n) is 8.34. The number of hydrogen-bond acceptors (Lipinski definition) is 7.